The Labute approximate surface area is 92.1 Å². The zero-order valence-electron chi connectivity index (χ0n) is 8.40. The van der Waals surface area contributed by atoms with Crippen molar-refractivity contribution in [3.8, 4) is 11.3 Å². The van der Waals surface area contributed by atoms with Crippen molar-refractivity contribution in [2.24, 2.45) is 7.05 Å². The van der Waals surface area contributed by atoms with Crippen molar-refractivity contribution in [3.05, 3.63) is 23.6 Å². The molecule has 2 heterocycles. The van der Waals surface area contributed by atoms with E-state index in [1.54, 1.807) is 25.5 Å². The maximum Gasteiger partial charge on any atom is 0.131 e. The fourth-order valence-electron chi connectivity index (χ4n) is 1.31. The van der Waals surface area contributed by atoms with Crippen LogP contribution in [0.15, 0.2) is 18.5 Å². The first-order valence-electron chi connectivity index (χ1n) is 4.40. The average molecular weight is 224 g/mol. The van der Waals surface area contributed by atoms with Gasteiger partial charge in [-0.25, -0.2) is 4.98 Å². The summed E-state index contributed by atoms with van der Waals surface area (Å²) in [6.45, 7) is 0. The third-order valence-electron chi connectivity index (χ3n) is 2.02. The molecule has 0 unspecified atom stereocenters. The first-order valence-corrected chi connectivity index (χ1v) is 4.78. The molecular formula is C9H10ClN5. The molecule has 0 saturated heterocycles. The summed E-state index contributed by atoms with van der Waals surface area (Å²) in [5, 5.41) is 11.7. The van der Waals surface area contributed by atoms with Crippen molar-refractivity contribution in [1.82, 2.24) is 20.0 Å². The van der Waals surface area contributed by atoms with E-state index in [0.29, 0.717) is 5.15 Å². The lowest BCUT2D eigenvalue weighted by Crippen LogP contribution is -1.95. The monoisotopic (exact) mass is 223 g/mol. The van der Waals surface area contributed by atoms with Gasteiger partial charge >= 0.3 is 0 Å². The summed E-state index contributed by atoms with van der Waals surface area (Å²) >= 11 is 5.80. The second-order valence-electron chi connectivity index (χ2n) is 3.02. The van der Waals surface area contributed by atoms with Gasteiger partial charge in [0.25, 0.3) is 0 Å². The van der Waals surface area contributed by atoms with Crippen molar-refractivity contribution in [2.45, 2.75) is 0 Å². The number of hydrogen-bond acceptors (Lipinski definition) is 4. The van der Waals surface area contributed by atoms with E-state index in [-0.39, 0.29) is 0 Å². The molecule has 78 valence electrons. The lowest BCUT2D eigenvalue weighted by molar-refractivity contribution is 0.655. The van der Waals surface area contributed by atoms with E-state index in [1.165, 1.54) is 4.80 Å². The minimum absolute atomic E-state index is 0.451. The minimum atomic E-state index is 0.451. The molecule has 2 aromatic heterocycles. The van der Waals surface area contributed by atoms with Crippen molar-refractivity contribution >= 4 is 17.3 Å². The van der Waals surface area contributed by atoms with Gasteiger partial charge in [0.2, 0.25) is 0 Å². The molecule has 0 aliphatic carbocycles. The third-order valence-corrected chi connectivity index (χ3v) is 2.22. The molecule has 0 atom stereocenters. The predicted molar refractivity (Wildman–Crippen MR) is 58.8 cm³/mol. The highest BCUT2D eigenvalue weighted by Gasteiger charge is 2.08. The lowest BCUT2D eigenvalue weighted by Gasteiger charge is -2.05. The summed E-state index contributed by atoms with van der Waals surface area (Å²) in [4.78, 5) is 5.53. The van der Waals surface area contributed by atoms with Crippen LogP contribution < -0.4 is 5.32 Å². The van der Waals surface area contributed by atoms with Crippen molar-refractivity contribution in [2.75, 3.05) is 12.4 Å². The molecule has 0 aliphatic rings. The topological polar surface area (TPSA) is 55.6 Å². The van der Waals surface area contributed by atoms with Gasteiger partial charge in [0, 0.05) is 31.5 Å². The number of nitrogens with zero attached hydrogens (tertiary/aromatic N) is 4. The van der Waals surface area contributed by atoms with Gasteiger partial charge in [-0.15, -0.1) is 0 Å². The molecule has 0 radical (unpaired) electrons. The number of hydrogen-bond donors (Lipinski definition) is 1. The summed E-state index contributed by atoms with van der Waals surface area (Å²) in [7, 11) is 3.59. The summed E-state index contributed by atoms with van der Waals surface area (Å²) in [5.74, 6) is 0. The second-order valence-corrected chi connectivity index (χ2v) is 3.41. The van der Waals surface area contributed by atoms with Crippen LogP contribution in [-0.4, -0.2) is 27.0 Å². The minimum Gasteiger partial charge on any atom is -0.387 e. The maximum absolute atomic E-state index is 5.80. The summed E-state index contributed by atoms with van der Waals surface area (Å²) in [6, 6.07) is 1.76. The average Bonchev–Trinajstić information content (AvgIpc) is 2.64. The van der Waals surface area contributed by atoms with Gasteiger partial charge in [-0.1, -0.05) is 11.6 Å². The van der Waals surface area contributed by atoms with Crippen molar-refractivity contribution < 1.29 is 0 Å². The molecule has 0 bridgehead atoms. The third kappa shape index (κ3) is 1.92. The number of halogens is 1. The first kappa shape index (κ1) is 9.92. The number of rotatable bonds is 2. The van der Waals surface area contributed by atoms with Crippen LogP contribution in [-0.2, 0) is 7.05 Å². The number of anilines is 1. The Balaban J connectivity index is 2.52. The number of aryl methyl sites for hydroxylation is 1. The van der Waals surface area contributed by atoms with Crippen molar-refractivity contribution in [1.29, 1.82) is 0 Å². The van der Waals surface area contributed by atoms with E-state index in [0.717, 1.165) is 16.9 Å². The first-order chi connectivity index (χ1) is 7.20. The van der Waals surface area contributed by atoms with Crippen LogP contribution in [0.25, 0.3) is 11.3 Å². The molecule has 6 heteroatoms. The molecular weight excluding hydrogens is 214 g/mol. The largest absolute Gasteiger partial charge is 0.387 e. The molecule has 0 saturated carbocycles. The van der Waals surface area contributed by atoms with Gasteiger partial charge in [-0.05, 0) is 6.07 Å². The highest BCUT2D eigenvalue weighted by Crippen LogP contribution is 2.26. The molecule has 0 aliphatic heterocycles. The van der Waals surface area contributed by atoms with Crippen LogP contribution >= 0.6 is 11.6 Å². The fourth-order valence-corrected chi connectivity index (χ4v) is 1.47. The van der Waals surface area contributed by atoms with Crippen molar-refractivity contribution in [3.63, 3.8) is 0 Å². The van der Waals surface area contributed by atoms with Crippen LogP contribution in [0.4, 0.5) is 5.69 Å². The zero-order valence-corrected chi connectivity index (χ0v) is 9.15. The Hall–Kier alpha value is -1.62. The predicted octanol–water partition coefficient (Wildman–Crippen LogP) is 1.57. The maximum atomic E-state index is 5.80. The molecule has 2 rings (SSSR count). The second kappa shape index (κ2) is 3.86. The number of pyridine rings is 1. The Morgan fingerprint density at radius 2 is 2.20 bits per heavy atom. The Bertz CT molecular complexity index is 479. The van der Waals surface area contributed by atoms with E-state index in [2.05, 4.69) is 20.5 Å². The Morgan fingerprint density at radius 3 is 2.80 bits per heavy atom. The van der Waals surface area contributed by atoms with Crippen LogP contribution in [0.1, 0.15) is 0 Å². The molecule has 0 amide bonds. The van der Waals surface area contributed by atoms with Crippen LogP contribution in [0.3, 0.4) is 0 Å². The zero-order chi connectivity index (χ0) is 10.8. The Morgan fingerprint density at radius 1 is 1.40 bits per heavy atom. The smallest absolute Gasteiger partial charge is 0.131 e. The van der Waals surface area contributed by atoms with Gasteiger partial charge in [0.1, 0.15) is 10.8 Å². The molecule has 1 N–H and O–H groups in total. The fraction of sp³-hybridized carbons (Fsp3) is 0.222. The molecule has 0 spiro atoms. The van der Waals surface area contributed by atoms with E-state index in [1.807, 2.05) is 7.05 Å². The van der Waals surface area contributed by atoms with Gasteiger partial charge < -0.3 is 5.32 Å². The Kier molecular flexibility index (Phi) is 2.55. The molecule has 0 aromatic carbocycles. The highest BCUT2D eigenvalue weighted by atomic mass is 35.5. The van der Waals surface area contributed by atoms with E-state index in [4.69, 9.17) is 11.6 Å². The molecule has 0 fully saturated rings. The molecule has 2 aromatic rings. The van der Waals surface area contributed by atoms with Gasteiger partial charge in [-0.3, -0.25) is 0 Å². The lowest BCUT2D eigenvalue weighted by atomic mass is 10.2. The van der Waals surface area contributed by atoms with Crippen LogP contribution in [0.2, 0.25) is 5.15 Å². The van der Waals surface area contributed by atoms with Crippen LogP contribution in [0.5, 0.6) is 0 Å². The normalized spacial score (nSPS) is 10.3. The van der Waals surface area contributed by atoms with Gasteiger partial charge in [0.05, 0.1) is 6.20 Å². The summed E-state index contributed by atoms with van der Waals surface area (Å²) in [6.07, 6.45) is 3.37. The SMILES string of the molecule is CNc1cc(Cl)ncc1-c1cnn(C)n1. The molecule has 5 nitrogen and oxygen atoms in total. The van der Waals surface area contributed by atoms with Gasteiger partial charge in [0.15, 0.2) is 0 Å². The van der Waals surface area contributed by atoms with Gasteiger partial charge in [-0.2, -0.15) is 15.0 Å². The number of aromatic nitrogens is 4. The summed E-state index contributed by atoms with van der Waals surface area (Å²) in [5.41, 5.74) is 2.54. The standard InChI is InChI=1S/C9H10ClN5/c1-11-7-3-9(10)12-4-6(7)8-5-13-15(2)14-8/h3-5H,1-2H3,(H,11,12). The van der Waals surface area contributed by atoms with E-state index in [9.17, 15) is 0 Å². The van der Waals surface area contributed by atoms with E-state index >= 15 is 0 Å². The quantitative estimate of drug-likeness (QED) is 0.786. The summed E-state index contributed by atoms with van der Waals surface area (Å²) < 4.78 is 0. The molecule has 15 heavy (non-hydrogen) atoms. The highest BCUT2D eigenvalue weighted by molar-refractivity contribution is 6.29. The van der Waals surface area contributed by atoms with E-state index < -0.39 is 0 Å². The number of nitrogens with one attached hydrogen (secondary N) is 1. The van der Waals surface area contributed by atoms with Crippen LogP contribution in [0, 0.1) is 0 Å².